The first-order valence-corrected chi connectivity index (χ1v) is 6.44. The van der Waals surface area contributed by atoms with E-state index in [0.29, 0.717) is 11.8 Å². The maximum atomic E-state index is 11.3. The second-order valence-corrected chi connectivity index (χ2v) is 6.12. The molecule has 0 amide bonds. The number of esters is 1. The Morgan fingerprint density at radius 2 is 1.69 bits per heavy atom. The van der Waals surface area contributed by atoms with E-state index in [0.717, 1.165) is 11.8 Å². The molecule has 0 aliphatic heterocycles. The molecule has 0 aromatic carbocycles. The molecule has 4 fully saturated rings. The summed E-state index contributed by atoms with van der Waals surface area (Å²) in [4.78, 5) is 11.3. The second-order valence-electron chi connectivity index (χ2n) is 6.12. The Morgan fingerprint density at radius 3 is 2.12 bits per heavy atom. The first kappa shape index (κ1) is 10.6. The van der Waals surface area contributed by atoms with Crippen LogP contribution in [0.2, 0.25) is 0 Å². The number of hydrogen-bond acceptors (Lipinski definition) is 3. The van der Waals surface area contributed by atoms with Crippen LogP contribution in [0.3, 0.4) is 0 Å². The average molecular weight is 224 g/mol. The first-order chi connectivity index (χ1) is 7.61. The normalized spacial score (nSPS) is 49.4. The number of carbonyl (C=O) groups excluding carboxylic acids is 1. The largest absolute Gasteiger partial charge is 0.457 e. The Kier molecular flexibility index (Phi) is 2.29. The standard InChI is InChI=1S/C13H20O3/c1-13(16-12(15)7-14)10-3-8-2-9(5-10)6-11(13)4-8/h8-11,14H,2-7H2,1H3. The minimum Gasteiger partial charge on any atom is -0.457 e. The molecule has 3 heteroatoms. The number of aliphatic hydroxyl groups is 1. The maximum absolute atomic E-state index is 11.3. The van der Waals surface area contributed by atoms with Crippen LogP contribution < -0.4 is 0 Å². The van der Waals surface area contributed by atoms with E-state index in [4.69, 9.17) is 9.84 Å². The third-order valence-corrected chi connectivity index (χ3v) is 5.22. The summed E-state index contributed by atoms with van der Waals surface area (Å²) in [5.74, 6) is 2.39. The molecule has 4 rings (SSSR count). The highest BCUT2D eigenvalue weighted by Gasteiger charge is 2.56. The van der Waals surface area contributed by atoms with Gasteiger partial charge in [0, 0.05) is 0 Å². The molecule has 0 atom stereocenters. The number of carbonyl (C=O) groups is 1. The van der Waals surface area contributed by atoms with Crippen molar-refractivity contribution in [3.05, 3.63) is 0 Å². The van der Waals surface area contributed by atoms with E-state index < -0.39 is 12.6 Å². The van der Waals surface area contributed by atoms with Crippen LogP contribution in [0.5, 0.6) is 0 Å². The SMILES string of the molecule is CC1(OC(=O)CO)C2CC3CC(C2)CC1C3. The molecule has 0 spiro atoms. The summed E-state index contributed by atoms with van der Waals surface area (Å²) in [5.41, 5.74) is -0.284. The molecule has 0 unspecified atom stereocenters. The Balaban J connectivity index is 1.82. The Bertz CT molecular complexity index is 282. The third-order valence-electron chi connectivity index (χ3n) is 5.22. The molecule has 4 aliphatic rings. The summed E-state index contributed by atoms with van der Waals surface area (Å²) in [5, 5.41) is 8.83. The predicted molar refractivity (Wildman–Crippen MR) is 58.6 cm³/mol. The van der Waals surface area contributed by atoms with Crippen LogP contribution in [-0.4, -0.2) is 23.3 Å². The van der Waals surface area contributed by atoms with Crippen molar-refractivity contribution in [3.63, 3.8) is 0 Å². The van der Waals surface area contributed by atoms with Crippen molar-refractivity contribution in [2.75, 3.05) is 6.61 Å². The lowest BCUT2D eigenvalue weighted by Crippen LogP contribution is -2.58. The number of ether oxygens (including phenoxy) is 1. The minimum absolute atomic E-state index is 0.284. The second kappa shape index (κ2) is 3.46. The van der Waals surface area contributed by atoms with Gasteiger partial charge in [-0.3, -0.25) is 0 Å². The van der Waals surface area contributed by atoms with E-state index in [1.165, 1.54) is 32.1 Å². The van der Waals surface area contributed by atoms with Gasteiger partial charge in [-0.05, 0) is 62.7 Å². The molecular weight excluding hydrogens is 204 g/mol. The first-order valence-electron chi connectivity index (χ1n) is 6.44. The van der Waals surface area contributed by atoms with Crippen molar-refractivity contribution in [2.45, 2.75) is 44.6 Å². The Hall–Kier alpha value is -0.570. The Morgan fingerprint density at radius 1 is 1.19 bits per heavy atom. The highest BCUT2D eigenvalue weighted by atomic mass is 16.6. The van der Waals surface area contributed by atoms with Gasteiger partial charge in [-0.1, -0.05) is 0 Å². The zero-order chi connectivity index (χ0) is 11.3. The zero-order valence-corrected chi connectivity index (χ0v) is 9.82. The quantitative estimate of drug-likeness (QED) is 0.727. The lowest BCUT2D eigenvalue weighted by atomic mass is 9.50. The van der Waals surface area contributed by atoms with Crippen molar-refractivity contribution >= 4 is 5.97 Å². The van der Waals surface area contributed by atoms with Gasteiger partial charge in [0.2, 0.25) is 0 Å². The number of rotatable bonds is 2. The molecular formula is C13H20O3. The van der Waals surface area contributed by atoms with Gasteiger partial charge in [0.1, 0.15) is 12.2 Å². The van der Waals surface area contributed by atoms with Crippen LogP contribution >= 0.6 is 0 Å². The van der Waals surface area contributed by atoms with Gasteiger partial charge in [-0.25, -0.2) is 4.79 Å². The van der Waals surface area contributed by atoms with Crippen molar-refractivity contribution in [2.24, 2.45) is 23.7 Å². The highest BCUT2D eigenvalue weighted by molar-refractivity contribution is 5.71. The van der Waals surface area contributed by atoms with Crippen molar-refractivity contribution < 1.29 is 14.6 Å². The zero-order valence-electron chi connectivity index (χ0n) is 9.82. The molecule has 0 saturated heterocycles. The molecule has 0 heterocycles. The molecule has 4 saturated carbocycles. The summed E-state index contributed by atoms with van der Waals surface area (Å²) in [6.45, 7) is 1.61. The van der Waals surface area contributed by atoms with Crippen LogP contribution in [-0.2, 0) is 9.53 Å². The van der Waals surface area contributed by atoms with Gasteiger partial charge in [-0.2, -0.15) is 0 Å². The fraction of sp³-hybridized carbons (Fsp3) is 0.923. The average Bonchev–Trinajstić information content (AvgIpc) is 2.25. The molecule has 90 valence electrons. The van der Waals surface area contributed by atoms with Gasteiger partial charge in [0.05, 0.1) is 0 Å². The Labute approximate surface area is 96.2 Å². The lowest BCUT2D eigenvalue weighted by Gasteiger charge is -2.59. The van der Waals surface area contributed by atoms with E-state index in [9.17, 15) is 4.79 Å². The van der Waals surface area contributed by atoms with Gasteiger partial charge in [0.25, 0.3) is 0 Å². The van der Waals surface area contributed by atoms with Crippen molar-refractivity contribution in [1.82, 2.24) is 0 Å². The summed E-state index contributed by atoms with van der Waals surface area (Å²) in [7, 11) is 0. The smallest absolute Gasteiger partial charge is 0.332 e. The maximum Gasteiger partial charge on any atom is 0.332 e. The number of aliphatic hydroxyl groups excluding tert-OH is 1. The lowest BCUT2D eigenvalue weighted by molar-refractivity contribution is -0.205. The third kappa shape index (κ3) is 1.41. The molecule has 4 aliphatic carbocycles. The van der Waals surface area contributed by atoms with Gasteiger partial charge in [-0.15, -0.1) is 0 Å². The highest BCUT2D eigenvalue weighted by Crippen LogP contribution is 2.59. The molecule has 3 nitrogen and oxygen atoms in total. The summed E-state index contributed by atoms with van der Waals surface area (Å²) in [6.07, 6.45) is 6.30. The van der Waals surface area contributed by atoms with Crippen molar-refractivity contribution in [3.8, 4) is 0 Å². The van der Waals surface area contributed by atoms with Crippen LogP contribution in [0.25, 0.3) is 0 Å². The molecule has 16 heavy (non-hydrogen) atoms. The van der Waals surface area contributed by atoms with Crippen LogP contribution in [0.15, 0.2) is 0 Å². The molecule has 1 N–H and O–H groups in total. The van der Waals surface area contributed by atoms with E-state index in [1.807, 2.05) is 0 Å². The minimum atomic E-state index is -0.484. The fourth-order valence-electron chi connectivity index (χ4n) is 4.56. The van der Waals surface area contributed by atoms with E-state index in [1.54, 1.807) is 0 Å². The molecule has 0 radical (unpaired) electrons. The molecule has 4 bridgehead atoms. The molecule has 0 aromatic heterocycles. The van der Waals surface area contributed by atoms with Gasteiger partial charge >= 0.3 is 5.97 Å². The topological polar surface area (TPSA) is 46.5 Å². The van der Waals surface area contributed by atoms with Gasteiger partial charge < -0.3 is 9.84 Å². The van der Waals surface area contributed by atoms with E-state index >= 15 is 0 Å². The summed E-state index contributed by atoms with van der Waals surface area (Å²) < 4.78 is 5.57. The predicted octanol–water partition coefficient (Wildman–Crippen LogP) is 1.74. The van der Waals surface area contributed by atoms with Crippen LogP contribution in [0.1, 0.15) is 39.0 Å². The number of hydrogen-bond donors (Lipinski definition) is 1. The van der Waals surface area contributed by atoms with Crippen LogP contribution in [0, 0.1) is 23.7 Å². The van der Waals surface area contributed by atoms with E-state index in [-0.39, 0.29) is 5.60 Å². The van der Waals surface area contributed by atoms with Crippen molar-refractivity contribution in [1.29, 1.82) is 0 Å². The summed E-state index contributed by atoms with van der Waals surface area (Å²) in [6, 6.07) is 0. The molecule has 0 aromatic rings. The van der Waals surface area contributed by atoms with E-state index in [2.05, 4.69) is 6.92 Å². The summed E-state index contributed by atoms with van der Waals surface area (Å²) >= 11 is 0. The van der Waals surface area contributed by atoms with Gasteiger partial charge in [0.15, 0.2) is 0 Å². The monoisotopic (exact) mass is 224 g/mol. The fourth-order valence-corrected chi connectivity index (χ4v) is 4.56. The van der Waals surface area contributed by atoms with Crippen LogP contribution in [0.4, 0.5) is 0 Å².